The SMILES string of the molecule is Cc1ccccc1-n1nc(C)c(CC(=O)N2CCCC[C@@H]2CN2CCOCC2)c1C. The normalized spacial score (nSPS) is 20.5. The van der Waals surface area contributed by atoms with Crippen molar-refractivity contribution >= 4 is 5.91 Å². The number of piperidine rings is 1. The number of ether oxygens (including phenoxy) is 1. The smallest absolute Gasteiger partial charge is 0.227 e. The number of para-hydroxylation sites is 1. The first-order valence-electron chi connectivity index (χ1n) is 11.2. The van der Waals surface area contributed by atoms with E-state index in [2.05, 4.69) is 35.8 Å². The first-order valence-corrected chi connectivity index (χ1v) is 11.2. The number of carbonyl (C=O) groups is 1. The first-order chi connectivity index (χ1) is 14.5. The molecular formula is C24H34N4O2. The number of likely N-dealkylation sites (tertiary alicyclic amines) is 1. The number of benzene rings is 1. The molecule has 0 N–H and O–H groups in total. The summed E-state index contributed by atoms with van der Waals surface area (Å²) >= 11 is 0. The van der Waals surface area contributed by atoms with Gasteiger partial charge in [0.1, 0.15) is 0 Å². The maximum atomic E-state index is 13.4. The number of aryl methyl sites for hydroxylation is 2. The zero-order valence-electron chi connectivity index (χ0n) is 18.6. The predicted molar refractivity (Wildman–Crippen MR) is 118 cm³/mol. The van der Waals surface area contributed by atoms with Crippen molar-refractivity contribution < 1.29 is 9.53 Å². The molecule has 162 valence electrons. The topological polar surface area (TPSA) is 50.6 Å². The highest BCUT2D eigenvalue weighted by Crippen LogP contribution is 2.24. The quantitative estimate of drug-likeness (QED) is 0.760. The van der Waals surface area contributed by atoms with Gasteiger partial charge in [-0.25, -0.2) is 4.68 Å². The predicted octanol–water partition coefficient (Wildman–Crippen LogP) is 3.05. The Kier molecular flexibility index (Phi) is 6.54. The van der Waals surface area contributed by atoms with Gasteiger partial charge in [-0.2, -0.15) is 5.10 Å². The van der Waals surface area contributed by atoms with Crippen LogP contribution in [0.15, 0.2) is 24.3 Å². The van der Waals surface area contributed by atoms with Gasteiger partial charge in [-0.1, -0.05) is 18.2 Å². The summed E-state index contributed by atoms with van der Waals surface area (Å²) in [5.41, 5.74) is 5.35. The lowest BCUT2D eigenvalue weighted by atomic mass is 9.99. The molecule has 6 heteroatoms. The van der Waals surface area contributed by atoms with Crippen molar-refractivity contribution in [1.29, 1.82) is 0 Å². The molecule has 3 heterocycles. The zero-order chi connectivity index (χ0) is 21.1. The summed E-state index contributed by atoms with van der Waals surface area (Å²) < 4.78 is 7.48. The fourth-order valence-electron chi connectivity index (χ4n) is 4.82. The van der Waals surface area contributed by atoms with Crippen LogP contribution in [-0.2, 0) is 16.0 Å². The number of rotatable bonds is 5. The molecule has 6 nitrogen and oxygen atoms in total. The third-order valence-electron chi connectivity index (χ3n) is 6.63. The van der Waals surface area contributed by atoms with Gasteiger partial charge in [0, 0.05) is 43.5 Å². The summed E-state index contributed by atoms with van der Waals surface area (Å²) in [6.45, 7) is 11.6. The standard InChI is InChI=1S/C24H34N4O2/c1-18-8-4-5-10-23(18)28-20(3)22(19(2)25-28)16-24(29)27-11-7-6-9-21(27)17-26-12-14-30-15-13-26/h4-5,8,10,21H,6-7,9,11-17H2,1-3H3/t21-/m1/s1. The van der Waals surface area contributed by atoms with Crippen molar-refractivity contribution in [3.8, 4) is 5.69 Å². The van der Waals surface area contributed by atoms with Crippen LogP contribution in [0, 0.1) is 20.8 Å². The summed E-state index contributed by atoms with van der Waals surface area (Å²) in [7, 11) is 0. The fourth-order valence-corrected chi connectivity index (χ4v) is 4.82. The Morgan fingerprint density at radius 1 is 1.10 bits per heavy atom. The molecular weight excluding hydrogens is 376 g/mol. The van der Waals surface area contributed by atoms with Gasteiger partial charge >= 0.3 is 0 Å². The van der Waals surface area contributed by atoms with Crippen molar-refractivity contribution in [2.45, 2.75) is 52.5 Å². The molecule has 0 saturated carbocycles. The molecule has 2 saturated heterocycles. The summed E-state index contributed by atoms with van der Waals surface area (Å²) in [5, 5.41) is 4.78. The molecule has 2 aromatic rings. The van der Waals surface area contributed by atoms with E-state index in [0.717, 1.165) is 74.9 Å². The van der Waals surface area contributed by atoms with Gasteiger partial charge < -0.3 is 9.64 Å². The van der Waals surface area contributed by atoms with Crippen molar-refractivity contribution in [2.24, 2.45) is 0 Å². The van der Waals surface area contributed by atoms with E-state index in [1.807, 2.05) is 23.7 Å². The van der Waals surface area contributed by atoms with Crippen LogP contribution in [0.25, 0.3) is 5.69 Å². The van der Waals surface area contributed by atoms with Crippen LogP contribution in [0.5, 0.6) is 0 Å². The minimum absolute atomic E-state index is 0.239. The lowest BCUT2D eigenvalue weighted by molar-refractivity contribution is -0.134. The molecule has 0 aliphatic carbocycles. The number of hydrogen-bond donors (Lipinski definition) is 0. The monoisotopic (exact) mass is 410 g/mol. The second-order valence-electron chi connectivity index (χ2n) is 8.67. The third kappa shape index (κ3) is 4.44. The first kappa shape index (κ1) is 21.1. The van der Waals surface area contributed by atoms with Gasteiger partial charge in [0.2, 0.25) is 5.91 Å². The van der Waals surface area contributed by atoms with E-state index in [1.165, 1.54) is 12.0 Å². The average molecular weight is 411 g/mol. The molecule has 1 aromatic carbocycles. The van der Waals surface area contributed by atoms with Gasteiger partial charge in [0.05, 0.1) is 31.0 Å². The molecule has 1 amide bonds. The highest BCUT2D eigenvalue weighted by Gasteiger charge is 2.30. The Labute approximate surface area is 179 Å². The van der Waals surface area contributed by atoms with Crippen LogP contribution in [-0.4, -0.2) is 70.9 Å². The molecule has 4 rings (SSSR count). The number of aromatic nitrogens is 2. The Hall–Kier alpha value is -2.18. The molecule has 2 fully saturated rings. The molecule has 1 aromatic heterocycles. The highest BCUT2D eigenvalue weighted by atomic mass is 16.5. The molecule has 1 atom stereocenters. The second-order valence-corrected chi connectivity index (χ2v) is 8.67. The summed E-state index contributed by atoms with van der Waals surface area (Å²) in [6.07, 6.45) is 3.85. The van der Waals surface area contributed by atoms with Crippen LogP contribution >= 0.6 is 0 Å². The van der Waals surface area contributed by atoms with Crippen LogP contribution in [0.3, 0.4) is 0 Å². The maximum Gasteiger partial charge on any atom is 0.227 e. The van der Waals surface area contributed by atoms with Gasteiger partial charge in [-0.3, -0.25) is 9.69 Å². The Bertz CT molecular complexity index is 885. The lowest BCUT2D eigenvalue weighted by Crippen LogP contribution is -2.51. The van der Waals surface area contributed by atoms with E-state index in [0.29, 0.717) is 12.5 Å². The molecule has 0 spiro atoms. The summed E-state index contributed by atoms with van der Waals surface area (Å²) in [4.78, 5) is 18.0. The van der Waals surface area contributed by atoms with Gasteiger partial charge in [-0.15, -0.1) is 0 Å². The molecule has 0 unspecified atom stereocenters. The minimum Gasteiger partial charge on any atom is -0.379 e. The van der Waals surface area contributed by atoms with E-state index < -0.39 is 0 Å². The zero-order valence-corrected chi connectivity index (χ0v) is 18.6. The largest absolute Gasteiger partial charge is 0.379 e. The summed E-state index contributed by atoms with van der Waals surface area (Å²) in [5.74, 6) is 0.239. The van der Waals surface area contributed by atoms with E-state index in [9.17, 15) is 4.79 Å². The summed E-state index contributed by atoms with van der Waals surface area (Å²) in [6, 6.07) is 8.58. The van der Waals surface area contributed by atoms with E-state index >= 15 is 0 Å². The number of carbonyl (C=O) groups excluding carboxylic acids is 1. The van der Waals surface area contributed by atoms with Crippen LogP contribution in [0.4, 0.5) is 0 Å². The van der Waals surface area contributed by atoms with Gasteiger partial charge in [-0.05, 0) is 51.7 Å². The maximum absolute atomic E-state index is 13.4. The molecule has 2 aliphatic heterocycles. The Morgan fingerprint density at radius 3 is 2.63 bits per heavy atom. The van der Waals surface area contributed by atoms with Crippen LogP contribution in [0.1, 0.15) is 41.8 Å². The van der Waals surface area contributed by atoms with Gasteiger partial charge in [0.15, 0.2) is 0 Å². The van der Waals surface area contributed by atoms with Gasteiger partial charge in [0.25, 0.3) is 0 Å². The second kappa shape index (κ2) is 9.31. The van der Waals surface area contributed by atoms with Crippen LogP contribution in [0.2, 0.25) is 0 Å². The fraction of sp³-hybridized carbons (Fsp3) is 0.583. The number of amides is 1. The number of nitrogens with zero attached hydrogens (tertiary/aromatic N) is 4. The minimum atomic E-state index is 0.239. The van der Waals surface area contributed by atoms with Crippen molar-refractivity contribution in [1.82, 2.24) is 19.6 Å². The van der Waals surface area contributed by atoms with E-state index in [-0.39, 0.29) is 5.91 Å². The molecule has 0 radical (unpaired) electrons. The highest BCUT2D eigenvalue weighted by molar-refractivity contribution is 5.80. The van der Waals surface area contributed by atoms with Crippen molar-refractivity contribution in [3.63, 3.8) is 0 Å². The molecule has 30 heavy (non-hydrogen) atoms. The van der Waals surface area contributed by atoms with Crippen LogP contribution < -0.4 is 0 Å². The number of hydrogen-bond acceptors (Lipinski definition) is 4. The molecule has 0 bridgehead atoms. The number of morpholine rings is 1. The average Bonchev–Trinajstić information content (AvgIpc) is 3.03. The van der Waals surface area contributed by atoms with Crippen molar-refractivity contribution in [2.75, 3.05) is 39.4 Å². The van der Waals surface area contributed by atoms with E-state index in [1.54, 1.807) is 0 Å². The van der Waals surface area contributed by atoms with Crippen molar-refractivity contribution in [3.05, 3.63) is 46.8 Å². The third-order valence-corrected chi connectivity index (χ3v) is 6.63. The molecule has 2 aliphatic rings. The Balaban J connectivity index is 1.50. The van der Waals surface area contributed by atoms with E-state index in [4.69, 9.17) is 9.84 Å². The Morgan fingerprint density at radius 2 is 1.87 bits per heavy atom. The lowest BCUT2D eigenvalue weighted by Gasteiger charge is -2.39.